The summed E-state index contributed by atoms with van der Waals surface area (Å²) >= 11 is 0. The molecular weight excluding hydrogens is 244 g/mol. The third kappa shape index (κ3) is 5.68. The minimum atomic E-state index is -0.370. The van der Waals surface area contributed by atoms with Crippen LogP contribution in [0.15, 0.2) is 18.2 Å². The average Bonchev–Trinajstić information content (AvgIpc) is 2.40. The van der Waals surface area contributed by atoms with E-state index in [2.05, 4.69) is 12.2 Å². The molecule has 1 unspecified atom stereocenters. The monoisotopic (exact) mass is 269 g/mol. The average molecular weight is 269 g/mol. The number of hydrogen-bond acceptors (Lipinski definition) is 1. The third-order valence-electron chi connectivity index (χ3n) is 3.38. The van der Waals surface area contributed by atoms with Crippen LogP contribution in [0.5, 0.6) is 0 Å². The molecule has 0 aliphatic carbocycles. The SMILES string of the molecule is CCCCCCCC(NCC)c1cc(F)ccc1F. The highest BCUT2D eigenvalue weighted by Crippen LogP contribution is 2.23. The second-order valence-electron chi connectivity index (χ2n) is 4.98. The molecular formula is C16H25F2N. The van der Waals surface area contributed by atoms with Crippen molar-refractivity contribution in [1.29, 1.82) is 0 Å². The van der Waals surface area contributed by atoms with Gasteiger partial charge in [-0.15, -0.1) is 0 Å². The van der Waals surface area contributed by atoms with Crippen molar-refractivity contribution in [3.8, 4) is 0 Å². The number of nitrogens with one attached hydrogen (secondary N) is 1. The number of halogens is 2. The zero-order chi connectivity index (χ0) is 14.1. The molecule has 0 saturated carbocycles. The van der Waals surface area contributed by atoms with E-state index in [0.29, 0.717) is 5.56 Å². The fourth-order valence-corrected chi connectivity index (χ4v) is 2.35. The van der Waals surface area contributed by atoms with E-state index in [-0.39, 0.29) is 17.7 Å². The molecule has 0 radical (unpaired) electrons. The van der Waals surface area contributed by atoms with Crippen LogP contribution in [-0.4, -0.2) is 6.54 Å². The summed E-state index contributed by atoms with van der Waals surface area (Å²) in [7, 11) is 0. The lowest BCUT2D eigenvalue weighted by Crippen LogP contribution is -2.22. The Morgan fingerprint density at radius 2 is 1.79 bits per heavy atom. The number of rotatable bonds is 9. The maximum Gasteiger partial charge on any atom is 0.128 e. The van der Waals surface area contributed by atoms with E-state index in [1.807, 2.05) is 6.92 Å². The molecule has 1 nitrogen and oxygen atoms in total. The minimum Gasteiger partial charge on any atom is -0.310 e. The Labute approximate surface area is 115 Å². The van der Waals surface area contributed by atoms with Crippen LogP contribution in [-0.2, 0) is 0 Å². The maximum absolute atomic E-state index is 13.8. The molecule has 0 aliphatic rings. The van der Waals surface area contributed by atoms with Crippen molar-refractivity contribution >= 4 is 0 Å². The van der Waals surface area contributed by atoms with E-state index in [0.717, 1.165) is 25.8 Å². The molecule has 1 atom stereocenters. The highest BCUT2D eigenvalue weighted by atomic mass is 19.1. The molecule has 1 N–H and O–H groups in total. The number of unbranched alkanes of at least 4 members (excludes halogenated alkanes) is 4. The highest BCUT2D eigenvalue weighted by molar-refractivity contribution is 5.22. The van der Waals surface area contributed by atoms with Gasteiger partial charge < -0.3 is 5.32 Å². The Kier molecular flexibility index (Phi) is 7.65. The van der Waals surface area contributed by atoms with Crippen molar-refractivity contribution < 1.29 is 8.78 Å². The highest BCUT2D eigenvalue weighted by Gasteiger charge is 2.15. The van der Waals surface area contributed by atoms with Crippen LogP contribution in [0, 0.1) is 11.6 Å². The Hall–Kier alpha value is -0.960. The third-order valence-corrected chi connectivity index (χ3v) is 3.38. The van der Waals surface area contributed by atoms with E-state index < -0.39 is 0 Å². The van der Waals surface area contributed by atoms with Gasteiger partial charge >= 0.3 is 0 Å². The summed E-state index contributed by atoms with van der Waals surface area (Å²) in [5, 5.41) is 3.25. The molecule has 1 aromatic rings. The van der Waals surface area contributed by atoms with Gasteiger partial charge in [0.25, 0.3) is 0 Å². The van der Waals surface area contributed by atoms with Gasteiger partial charge in [0.15, 0.2) is 0 Å². The molecule has 0 fully saturated rings. The normalized spacial score (nSPS) is 12.6. The van der Waals surface area contributed by atoms with Crippen LogP contribution in [0.25, 0.3) is 0 Å². The molecule has 0 aliphatic heterocycles. The van der Waals surface area contributed by atoms with E-state index in [9.17, 15) is 8.78 Å². The van der Waals surface area contributed by atoms with Gasteiger partial charge in [-0.05, 0) is 31.2 Å². The van der Waals surface area contributed by atoms with Gasteiger partial charge in [0.2, 0.25) is 0 Å². The van der Waals surface area contributed by atoms with Crippen LogP contribution in [0.4, 0.5) is 8.78 Å². The molecule has 1 aromatic carbocycles. The first-order valence-electron chi connectivity index (χ1n) is 7.37. The summed E-state index contributed by atoms with van der Waals surface area (Å²) in [5.41, 5.74) is 0.456. The molecule has 0 aromatic heterocycles. The standard InChI is InChI=1S/C16H25F2N/c1-3-5-6-7-8-9-16(19-4-2)14-12-13(17)10-11-15(14)18/h10-12,16,19H,3-9H2,1-2H3. The predicted octanol–water partition coefficient (Wildman–Crippen LogP) is 4.98. The summed E-state index contributed by atoms with van der Waals surface area (Å²) in [4.78, 5) is 0. The van der Waals surface area contributed by atoms with Crippen LogP contribution in [0.3, 0.4) is 0 Å². The van der Waals surface area contributed by atoms with Gasteiger partial charge in [0, 0.05) is 11.6 Å². The van der Waals surface area contributed by atoms with Crippen molar-refractivity contribution in [2.75, 3.05) is 6.54 Å². The molecule has 1 rings (SSSR count). The first kappa shape index (κ1) is 16.1. The molecule has 0 bridgehead atoms. The summed E-state index contributed by atoms with van der Waals surface area (Å²) in [6.45, 7) is 4.93. The fraction of sp³-hybridized carbons (Fsp3) is 0.625. The van der Waals surface area contributed by atoms with Crippen LogP contribution < -0.4 is 5.32 Å². The van der Waals surface area contributed by atoms with Gasteiger partial charge in [-0.2, -0.15) is 0 Å². The van der Waals surface area contributed by atoms with E-state index in [1.165, 1.54) is 37.5 Å². The summed E-state index contributed by atoms with van der Waals surface area (Å²) in [6.07, 6.45) is 6.76. The smallest absolute Gasteiger partial charge is 0.128 e. The van der Waals surface area contributed by atoms with E-state index >= 15 is 0 Å². The van der Waals surface area contributed by atoms with Gasteiger partial charge in [0.1, 0.15) is 11.6 Å². The zero-order valence-electron chi connectivity index (χ0n) is 12.0. The number of benzene rings is 1. The number of hydrogen-bond donors (Lipinski definition) is 1. The second-order valence-corrected chi connectivity index (χ2v) is 4.98. The topological polar surface area (TPSA) is 12.0 Å². The first-order chi connectivity index (χ1) is 9.19. The lowest BCUT2D eigenvalue weighted by molar-refractivity contribution is 0.455. The van der Waals surface area contributed by atoms with Crippen LogP contribution in [0.2, 0.25) is 0 Å². The molecule has 108 valence electrons. The lowest BCUT2D eigenvalue weighted by Gasteiger charge is -2.19. The molecule has 0 heterocycles. The van der Waals surface area contributed by atoms with Crippen LogP contribution >= 0.6 is 0 Å². The van der Waals surface area contributed by atoms with E-state index in [1.54, 1.807) is 0 Å². The van der Waals surface area contributed by atoms with Crippen molar-refractivity contribution in [2.24, 2.45) is 0 Å². The first-order valence-corrected chi connectivity index (χ1v) is 7.37. The molecule has 19 heavy (non-hydrogen) atoms. The Bertz CT molecular complexity index is 366. The lowest BCUT2D eigenvalue weighted by atomic mass is 9.99. The van der Waals surface area contributed by atoms with Gasteiger partial charge in [-0.25, -0.2) is 8.78 Å². The van der Waals surface area contributed by atoms with Gasteiger partial charge in [-0.1, -0.05) is 46.0 Å². The molecule has 0 spiro atoms. The van der Waals surface area contributed by atoms with Crippen LogP contribution in [0.1, 0.15) is 64.0 Å². The minimum absolute atomic E-state index is 0.0812. The fourth-order valence-electron chi connectivity index (χ4n) is 2.35. The second kappa shape index (κ2) is 9.03. The summed E-state index contributed by atoms with van der Waals surface area (Å²) < 4.78 is 27.0. The maximum atomic E-state index is 13.8. The summed E-state index contributed by atoms with van der Waals surface area (Å²) in [5.74, 6) is -0.689. The Morgan fingerprint density at radius 3 is 2.47 bits per heavy atom. The predicted molar refractivity (Wildman–Crippen MR) is 76.2 cm³/mol. The van der Waals surface area contributed by atoms with Gasteiger partial charge in [0.05, 0.1) is 0 Å². The Balaban J connectivity index is 2.58. The quantitative estimate of drug-likeness (QED) is 0.624. The van der Waals surface area contributed by atoms with Crippen molar-refractivity contribution in [3.05, 3.63) is 35.4 Å². The van der Waals surface area contributed by atoms with E-state index in [4.69, 9.17) is 0 Å². The zero-order valence-corrected chi connectivity index (χ0v) is 12.0. The molecule has 3 heteroatoms. The molecule has 0 amide bonds. The van der Waals surface area contributed by atoms with Gasteiger partial charge in [-0.3, -0.25) is 0 Å². The van der Waals surface area contributed by atoms with Crippen molar-refractivity contribution in [2.45, 2.75) is 58.4 Å². The summed E-state index contributed by atoms with van der Waals surface area (Å²) in [6, 6.07) is 3.62. The molecule has 0 saturated heterocycles. The largest absolute Gasteiger partial charge is 0.310 e. The Morgan fingerprint density at radius 1 is 1.05 bits per heavy atom. The van der Waals surface area contributed by atoms with Crippen molar-refractivity contribution in [1.82, 2.24) is 5.32 Å². The van der Waals surface area contributed by atoms with Crippen molar-refractivity contribution in [3.63, 3.8) is 0 Å².